The zero-order valence-electron chi connectivity index (χ0n) is 15.3. The smallest absolute Gasteiger partial charge is 0.251 e. The number of nitrogens with one attached hydrogen (secondary N) is 2. The maximum atomic E-state index is 12.1. The molecule has 2 aromatic heterocycles. The van der Waals surface area contributed by atoms with E-state index in [9.17, 15) is 4.79 Å². The summed E-state index contributed by atoms with van der Waals surface area (Å²) in [6, 6.07) is 12.7. The first-order chi connectivity index (χ1) is 13.2. The number of hydrogen-bond donors (Lipinski definition) is 2. The van der Waals surface area contributed by atoms with Crippen LogP contribution in [0.5, 0.6) is 0 Å². The molecular weight excluding hydrogens is 348 g/mol. The van der Waals surface area contributed by atoms with Gasteiger partial charge in [-0.15, -0.1) is 15.3 Å². The number of carbonyl (C=O) groups excluding carboxylic acids is 1. The van der Waals surface area contributed by atoms with Crippen LogP contribution >= 0.6 is 0 Å². The van der Waals surface area contributed by atoms with Crippen LogP contribution < -0.4 is 10.6 Å². The van der Waals surface area contributed by atoms with Crippen LogP contribution in [0.2, 0.25) is 0 Å². The maximum Gasteiger partial charge on any atom is 0.251 e. The molecule has 0 spiro atoms. The minimum atomic E-state index is -0.365. The largest absolute Gasteiger partial charge is 0.364 e. The quantitative estimate of drug-likeness (QED) is 0.544. The van der Waals surface area contributed by atoms with E-state index in [2.05, 4.69) is 25.9 Å². The molecule has 9 heteroatoms. The highest BCUT2D eigenvalue weighted by Crippen LogP contribution is 2.08. The fraction of sp³-hybridized carbons (Fsp3) is 0.333. The fourth-order valence-electron chi connectivity index (χ4n) is 2.51. The van der Waals surface area contributed by atoms with Crippen molar-refractivity contribution in [3.63, 3.8) is 0 Å². The standard InChI is InChI=1S/C18H22N6O3/c1-26-17(27-2)12-20-14-8-9-15-21-22-16(24(15)23-14)10-11-19-18(25)13-6-4-3-5-7-13/h3-9,17H,10-12H2,1-2H3,(H,19,25)(H,20,23). The third-order valence-electron chi connectivity index (χ3n) is 3.97. The molecule has 3 aromatic rings. The molecule has 0 fully saturated rings. The van der Waals surface area contributed by atoms with Crippen molar-refractivity contribution < 1.29 is 14.3 Å². The molecule has 0 bridgehead atoms. The Balaban J connectivity index is 1.61. The number of hydrogen-bond acceptors (Lipinski definition) is 7. The SMILES string of the molecule is COC(CNc1ccc2nnc(CCNC(=O)c3ccccc3)n2n1)OC. The summed E-state index contributed by atoms with van der Waals surface area (Å²) >= 11 is 0. The first-order valence-electron chi connectivity index (χ1n) is 8.55. The van der Waals surface area contributed by atoms with Gasteiger partial charge in [0, 0.05) is 32.7 Å². The topological polar surface area (TPSA) is 103 Å². The zero-order chi connectivity index (χ0) is 19.1. The molecule has 1 aromatic carbocycles. The van der Waals surface area contributed by atoms with E-state index in [1.807, 2.05) is 30.3 Å². The van der Waals surface area contributed by atoms with E-state index >= 15 is 0 Å². The van der Waals surface area contributed by atoms with Gasteiger partial charge < -0.3 is 20.1 Å². The molecule has 2 N–H and O–H groups in total. The molecule has 27 heavy (non-hydrogen) atoms. The molecule has 0 saturated carbocycles. The summed E-state index contributed by atoms with van der Waals surface area (Å²) in [5.41, 5.74) is 1.26. The molecule has 0 radical (unpaired) electrons. The van der Waals surface area contributed by atoms with Crippen molar-refractivity contribution in [1.82, 2.24) is 25.1 Å². The number of carbonyl (C=O) groups is 1. The average Bonchev–Trinajstić information content (AvgIpc) is 3.11. The highest BCUT2D eigenvalue weighted by atomic mass is 16.7. The lowest BCUT2D eigenvalue weighted by atomic mass is 10.2. The summed E-state index contributed by atoms with van der Waals surface area (Å²) in [5.74, 6) is 1.19. The van der Waals surface area contributed by atoms with Crippen molar-refractivity contribution in [2.24, 2.45) is 0 Å². The molecule has 0 aliphatic rings. The van der Waals surface area contributed by atoms with Gasteiger partial charge in [0.25, 0.3) is 5.91 Å². The number of ether oxygens (including phenoxy) is 2. The predicted octanol–water partition coefficient (Wildman–Crippen LogP) is 1.13. The van der Waals surface area contributed by atoms with E-state index in [0.717, 1.165) is 0 Å². The summed E-state index contributed by atoms with van der Waals surface area (Å²) < 4.78 is 11.9. The summed E-state index contributed by atoms with van der Waals surface area (Å²) in [7, 11) is 3.15. The lowest BCUT2D eigenvalue weighted by molar-refractivity contribution is -0.0914. The number of methoxy groups -OCH3 is 2. The molecule has 0 atom stereocenters. The summed E-state index contributed by atoms with van der Waals surface area (Å²) in [6.45, 7) is 0.888. The van der Waals surface area contributed by atoms with E-state index in [1.54, 1.807) is 30.9 Å². The van der Waals surface area contributed by atoms with Crippen molar-refractivity contribution in [2.45, 2.75) is 12.7 Å². The van der Waals surface area contributed by atoms with Gasteiger partial charge in [-0.05, 0) is 24.3 Å². The summed E-state index contributed by atoms with van der Waals surface area (Å²) in [6.07, 6.45) is 0.144. The highest BCUT2D eigenvalue weighted by Gasteiger charge is 2.10. The molecule has 2 heterocycles. The Kier molecular flexibility index (Phi) is 6.29. The molecule has 0 aliphatic carbocycles. The van der Waals surface area contributed by atoms with Gasteiger partial charge in [-0.2, -0.15) is 4.52 Å². The maximum absolute atomic E-state index is 12.1. The van der Waals surface area contributed by atoms with E-state index in [4.69, 9.17) is 9.47 Å². The van der Waals surface area contributed by atoms with Crippen LogP contribution in [0.1, 0.15) is 16.2 Å². The van der Waals surface area contributed by atoms with Crippen molar-refractivity contribution in [3.8, 4) is 0 Å². The number of aromatic nitrogens is 4. The molecular formula is C18H22N6O3. The Morgan fingerprint density at radius 2 is 1.89 bits per heavy atom. The zero-order valence-corrected chi connectivity index (χ0v) is 15.3. The Hall–Kier alpha value is -3.04. The number of nitrogens with zero attached hydrogens (tertiary/aromatic N) is 4. The Labute approximate surface area is 156 Å². The number of rotatable bonds is 9. The molecule has 0 aliphatic heterocycles. The van der Waals surface area contributed by atoms with Crippen molar-refractivity contribution >= 4 is 17.4 Å². The van der Waals surface area contributed by atoms with E-state index < -0.39 is 0 Å². The number of amides is 1. The highest BCUT2D eigenvalue weighted by molar-refractivity contribution is 5.94. The van der Waals surface area contributed by atoms with Gasteiger partial charge in [0.1, 0.15) is 5.82 Å². The van der Waals surface area contributed by atoms with Crippen LogP contribution in [-0.2, 0) is 15.9 Å². The number of benzene rings is 1. The van der Waals surface area contributed by atoms with Crippen molar-refractivity contribution in [1.29, 1.82) is 0 Å². The number of anilines is 1. The van der Waals surface area contributed by atoms with Gasteiger partial charge in [-0.25, -0.2) is 0 Å². The Bertz CT molecular complexity index is 879. The van der Waals surface area contributed by atoms with Crippen LogP contribution in [0.3, 0.4) is 0 Å². The average molecular weight is 370 g/mol. The third-order valence-corrected chi connectivity index (χ3v) is 3.97. The summed E-state index contributed by atoms with van der Waals surface area (Å²) in [5, 5.41) is 18.8. The Morgan fingerprint density at radius 1 is 1.11 bits per heavy atom. The van der Waals surface area contributed by atoms with Gasteiger partial charge in [-0.1, -0.05) is 18.2 Å². The van der Waals surface area contributed by atoms with Gasteiger partial charge in [0.2, 0.25) is 0 Å². The lowest BCUT2D eigenvalue weighted by Gasteiger charge is -2.14. The predicted molar refractivity (Wildman–Crippen MR) is 99.6 cm³/mol. The van der Waals surface area contributed by atoms with E-state index in [0.29, 0.717) is 42.4 Å². The second-order valence-corrected chi connectivity index (χ2v) is 5.76. The molecule has 0 unspecified atom stereocenters. The first-order valence-corrected chi connectivity index (χ1v) is 8.55. The Morgan fingerprint density at radius 3 is 2.63 bits per heavy atom. The van der Waals surface area contributed by atoms with Gasteiger partial charge in [0.05, 0.1) is 6.54 Å². The van der Waals surface area contributed by atoms with Crippen LogP contribution in [0.25, 0.3) is 5.65 Å². The minimum Gasteiger partial charge on any atom is -0.364 e. The molecule has 142 valence electrons. The normalized spacial score (nSPS) is 11.1. The second-order valence-electron chi connectivity index (χ2n) is 5.76. The minimum absolute atomic E-state index is 0.120. The van der Waals surface area contributed by atoms with Crippen LogP contribution in [0.15, 0.2) is 42.5 Å². The van der Waals surface area contributed by atoms with Gasteiger partial charge in [0.15, 0.2) is 17.8 Å². The van der Waals surface area contributed by atoms with Crippen molar-refractivity contribution in [2.75, 3.05) is 32.6 Å². The molecule has 0 saturated heterocycles. The van der Waals surface area contributed by atoms with Crippen LogP contribution in [0.4, 0.5) is 5.82 Å². The molecule has 9 nitrogen and oxygen atoms in total. The van der Waals surface area contributed by atoms with E-state index in [-0.39, 0.29) is 12.2 Å². The summed E-state index contributed by atoms with van der Waals surface area (Å²) in [4.78, 5) is 12.1. The van der Waals surface area contributed by atoms with Gasteiger partial charge in [-0.3, -0.25) is 4.79 Å². The number of fused-ring (bicyclic) bond motifs is 1. The monoisotopic (exact) mass is 370 g/mol. The molecule has 1 amide bonds. The van der Waals surface area contributed by atoms with E-state index in [1.165, 1.54) is 0 Å². The second kappa shape index (κ2) is 9.06. The van der Waals surface area contributed by atoms with Gasteiger partial charge >= 0.3 is 0 Å². The molecule has 3 rings (SSSR count). The fourth-order valence-corrected chi connectivity index (χ4v) is 2.51. The van der Waals surface area contributed by atoms with Crippen LogP contribution in [0, 0.1) is 0 Å². The lowest BCUT2D eigenvalue weighted by Crippen LogP contribution is -2.26. The van der Waals surface area contributed by atoms with Crippen molar-refractivity contribution in [3.05, 3.63) is 53.9 Å². The van der Waals surface area contributed by atoms with Crippen LogP contribution in [-0.4, -0.2) is 59.3 Å². The third kappa shape index (κ3) is 4.78. The first kappa shape index (κ1) is 18.7.